The molecule has 20 heavy (non-hydrogen) atoms. The van der Waals surface area contributed by atoms with Gasteiger partial charge in [-0.1, -0.05) is 12.1 Å². The third-order valence-corrected chi connectivity index (χ3v) is 3.17. The third kappa shape index (κ3) is 1.56. The van der Waals surface area contributed by atoms with Gasteiger partial charge in [0.1, 0.15) is 33.6 Å². The number of carbonyl (C=O) groups excluding carboxylic acids is 1. The molecule has 0 aliphatic heterocycles. The number of benzene rings is 2. The van der Waals surface area contributed by atoms with Gasteiger partial charge in [0.2, 0.25) is 5.43 Å². The number of Topliss-reactive ketones (excluding diaryl/α,β-unsaturated/α-hetero) is 1. The summed E-state index contributed by atoms with van der Waals surface area (Å²) in [5.74, 6) is -1.50. The highest BCUT2D eigenvalue weighted by molar-refractivity contribution is 6.06. The molecule has 0 radical (unpaired) electrons. The van der Waals surface area contributed by atoms with E-state index < -0.39 is 22.7 Å². The molecule has 3 aromatic rings. The molecule has 0 bridgehead atoms. The molecule has 0 saturated carbocycles. The molecule has 3 rings (SSSR count). The van der Waals surface area contributed by atoms with E-state index in [9.17, 15) is 19.8 Å². The molecular weight excluding hydrogens is 260 g/mol. The van der Waals surface area contributed by atoms with Crippen LogP contribution in [0, 0.1) is 0 Å². The molecule has 0 aliphatic carbocycles. The molecular formula is C15H10O5. The zero-order chi connectivity index (χ0) is 14.4. The topological polar surface area (TPSA) is 87.7 Å². The molecule has 1 heterocycles. The van der Waals surface area contributed by atoms with E-state index in [1.165, 1.54) is 13.0 Å². The molecule has 100 valence electrons. The van der Waals surface area contributed by atoms with Crippen molar-refractivity contribution in [2.24, 2.45) is 0 Å². The summed E-state index contributed by atoms with van der Waals surface area (Å²) in [6.45, 7) is 1.20. The number of rotatable bonds is 1. The van der Waals surface area contributed by atoms with E-state index in [1.54, 1.807) is 24.3 Å². The molecule has 2 aromatic carbocycles. The Morgan fingerprint density at radius 1 is 1.15 bits per heavy atom. The fourth-order valence-corrected chi connectivity index (χ4v) is 2.27. The van der Waals surface area contributed by atoms with Crippen LogP contribution in [-0.2, 0) is 0 Å². The van der Waals surface area contributed by atoms with Crippen molar-refractivity contribution < 1.29 is 19.4 Å². The van der Waals surface area contributed by atoms with Crippen molar-refractivity contribution in [2.75, 3.05) is 0 Å². The lowest BCUT2D eigenvalue weighted by Gasteiger charge is -2.08. The second-order valence-electron chi connectivity index (χ2n) is 4.48. The number of phenols is 2. The van der Waals surface area contributed by atoms with Crippen LogP contribution in [0.5, 0.6) is 11.5 Å². The summed E-state index contributed by atoms with van der Waals surface area (Å²) in [6, 6.07) is 7.73. The average Bonchev–Trinajstić information content (AvgIpc) is 2.37. The monoisotopic (exact) mass is 270 g/mol. The average molecular weight is 270 g/mol. The first-order valence-corrected chi connectivity index (χ1v) is 5.92. The van der Waals surface area contributed by atoms with Crippen molar-refractivity contribution in [3.05, 3.63) is 46.1 Å². The summed E-state index contributed by atoms with van der Waals surface area (Å²) in [7, 11) is 0. The number of para-hydroxylation sites is 1. The van der Waals surface area contributed by atoms with Crippen LogP contribution in [-0.4, -0.2) is 16.0 Å². The molecule has 1 aromatic heterocycles. The lowest BCUT2D eigenvalue weighted by Crippen LogP contribution is -2.05. The fraction of sp³-hybridized carbons (Fsp3) is 0.0667. The van der Waals surface area contributed by atoms with E-state index in [-0.39, 0.29) is 16.5 Å². The van der Waals surface area contributed by atoms with E-state index in [1.807, 2.05) is 0 Å². The minimum Gasteiger partial charge on any atom is -0.507 e. The molecule has 0 atom stereocenters. The normalized spacial score (nSPS) is 11.1. The lowest BCUT2D eigenvalue weighted by atomic mass is 10.0. The number of hydrogen-bond donors (Lipinski definition) is 2. The fourth-order valence-electron chi connectivity index (χ4n) is 2.27. The van der Waals surface area contributed by atoms with Crippen molar-refractivity contribution in [1.29, 1.82) is 0 Å². The number of hydrogen-bond acceptors (Lipinski definition) is 5. The van der Waals surface area contributed by atoms with E-state index >= 15 is 0 Å². The van der Waals surface area contributed by atoms with E-state index in [4.69, 9.17) is 4.42 Å². The van der Waals surface area contributed by atoms with E-state index in [0.29, 0.717) is 11.0 Å². The zero-order valence-electron chi connectivity index (χ0n) is 10.5. The van der Waals surface area contributed by atoms with Crippen molar-refractivity contribution in [3.63, 3.8) is 0 Å². The summed E-state index contributed by atoms with van der Waals surface area (Å²) in [4.78, 5) is 23.8. The Morgan fingerprint density at radius 3 is 2.55 bits per heavy atom. The van der Waals surface area contributed by atoms with Crippen LogP contribution in [0.4, 0.5) is 0 Å². The van der Waals surface area contributed by atoms with Crippen LogP contribution in [0.15, 0.2) is 39.5 Å². The molecule has 5 heteroatoms. The molecule has 0 fully saturated rings. The smallest absolute Gasteiger partial charge is 0.204 e. The first-order valence-electron chi connectivity index (χ1n) is 5.92. The first-order chi connectivity index (χ1) is 9.50. The number of fused-ring (bicyclic) bond motifs is 2. The predicted molar refractivity (Wildman–Crippen MR) is 73.3 cm³/mol. The van der Waals surface area contributed by atoms with Crippen LogP contribution >= 0.6 is 0 Å². The zero-order valence-corrected chi connectivity index (χ0v) is 10.5. The molecule has 0 aliphatic rings. The summed E-state index contributed by atoms with van der Waals surface area (Å²) in [5.41, 5.74) is -0.338. The quantitative estimate of drug-likeness (QED) is 0.524. The summed E-state index contributed by atoms with van der Waals surface area (Å²) in [5, 5.41) is 20.1. The minimum absolute atomic E-state index is 0.0358. The lowest BCUT2D eigenvalue weighted by molar-refractivity contribution is 0.101. The van der Waals surface area contributed by atoms with Gasteiger partial charge >= 0.3 is 0 Å². The van der Waals surface area contributed by atoms with Gasteiger partial charge in [-0.05, 0) is 19.1 Å². The maximum atomic E-state index is 12.4. The van der Waals surface area contributed by atoms with Crippen molar-refractivity contribution in [3.8, 4) is 11.5 Å². The number of ketones is 1. The van der Waals surface area contributed by atoms with Gasteiger partial charge < -0.3 is 14.6 Å². The maximum Gasteiger partial charge on any atom is 0.204 e. The molecule has 0 amide bonds. The second-order valence-corrected chi connectivity index (χ2v) is 4.48. The Bertz CT molecular complexity index is 921. The highest BCUT2D eigenvalue weighted by atomic mass is 16.3. The van der Waals surface area contributed by atoms with Crippen LogP contribution in [0.2, 0.25) is 0 Å². The largest absolute Gasteiger partial charge is 0.507 e. The van der Waals surface area contributed by atoms with Crippen LogP contribution in [0.3, 0.4) is 0 Å². The standard InChI is InChI=1S/C15H10O5/c1-7(16)12-9(17)6-11-13(15(12)19)14(18)8-4-2-3-5-10(8)20-11/h2-6,17,19H,1H3. The van der Waals surface area contributed by atoms with Crippen LogP contribution < -0.4 is 5.43 Å². The van der Waals surface area contributed by atoms with Gasteiger partial charge in [-0.2, -0.15) is 0 Å². The van der Waals surface area contributed by atoms with Gasteiger partial charge in [0.15, 0.2) is 5.78 Å². The number of carbonyl (C=O) groups is 1. The van der Waals surface area contributed by atoms with Gasteiger partial charge in [-0.25, -0.2) is 0 Å². The Labute approximate surface area is 112 Å². The van der Waals surface area contributed by atoms with Crippen molar-refractivity contribution in [2.45, 2.75) is 6.92 Å². The van der Waals surface area contributed by atoms with Gasteiger partial charge in [0, 0.05) is 6.07 Å². The van der Waals surface area contributed by atoms with E-state index in [0.717, 1.165) is 0 Å². The molecule has 0 unspecified atom stereocenters. The molecule has 0 saturated heterocycles. The summed E-state index contributed by atoms with van der Waals surface area (Å²) >= 11 is 0. The number of aromatic hydroxyl groups is 2. The van der Waals surface area contributed by atoms with Crippen LogP contribution in [0.1, 0.15) is 17.3 Å². The second kappa shape index (κ2) is 4.09. The van der Waals surface area contributed by atoms with E-state index in [2.05, 4.69) is 0 Å². The summed E-state index contributed by atoms with van der Waals surface area (Å²) in [6.07, 6.45) is 0. The van der Waals surface area contributed by atoms with Crippen molar-refractivity contribution >= 4 is 27.7 Å². The predicted octanol–water partition coefficient (Wildman–Crippen LogP) is 2.56. The molecule has 2 N–H and O–H groups in total. The highest BCUT2D eigenvalue weighted by Crippen LogP contribution is 2.35. The first kappa shape index (κ1) is 12.2. The Hall–Kier alpha value is -2.82. The number of phenolic OH excluding ortho intramolecular Hbond substituents is 2. The van der Waals surface area contributed by atoms with Gasteiger partial charge in [0.25, 0.3) is 0 Å². The van der Waals surface area contributed by atoms with Crippen molar-refractivity contribution in [1.82, 2.24) is 0 Å². The van der Waals surface area contributed by atoms with Crippen LogP contribution in [0.25, 0.3) is 21.9 Å². The highest BCUT2D eigenvalue weighted by Gasteiger charge is 2.20. The Morgan fingerprint density at radius 2 is 1.85 bits per heavy atom. The minimum atomic E-state index is -0.549. The summed E-state index contributed by atoms with van der Waals surface area (Å²) < 4.78 is 5.49. The Balaban J connectivity index is 2.60. The molecule has 5 nitrogen and oxygen atoms in total. The maximum absolute atomic E-state index is 12.4. The Kier molecular flexibility index (Phi) is 2.50. The SMILES string of the molecule is CC(=O)c1c(O)cc2oc3ccccc3c(=O)c2c1O. The molecule has 0 spiro atoms. The van der Waals surface area contributed by atoms with Gasteiger partial charge in [-0.3, -0.25) is 9.59 Å². The van der Waals surface area contributed by atoms with Gasteiger partial charge in [-0.15, -0.1) is 0 Å². The van der Waals surface area contributed by atoms with Gasteiger partial charge in [0.05, 0.1) is 5.39 Å². The third-order valence-electron chi connectivity index (χ3n) is 3.17.